The van der Waals surface area contributed by atoms with Crippen LogP contribution in [0.4, 0.5) is 0 Å². The average molecular weight is 423 g/mol. The maximum absolute atomic E-state index is 13.2. The highest BCUT2D eigenvalue weighted by Crippen LogP contribution is 2.27. The number of carbonyl (C=O) groups excluding carboxylic acids is 1. The number of benzene rings is 2. The van der Waals surface area contributed by atoms with E-state index in [0.717, 1.165) is 17.7 Å². The van der Waals surface area contributed by atoms with Gasteiger partial charge in [-0.3, -0.25) is 9.79 Å². The summed E-state index contributed by atoms with van der Waals surface area (Å²) in [5, 5.41) is 6.68. The number of ether oxygens (including phenoxy) is 2. The number of rotatable bonds is 6. The van der Waals surface area contributed by atoms with Gasteiger partial charge in [-0.15, -0.1) is 0 Å². The summed E-state index contributed by atoms with van der Waals surface area (Å²) in [5.41, 5.74) is 2.23. The lowest BCUT2D eigenvalue weighted by Crippen LogP contribution is -2.48. The molecule has 0 aliphatic carbocycles. The second-order valence-corrected chi connectivity index (χ2v) is 7.79. The first-order valence-corrected chi connectivity index (χ1v) is 10.8. The van der Waals surface area contributed by atoms with Crippen LogP contribution in [0.3, 0.4) is 0 Å². The van der Waals surface area contributed by atoms with E-state index in [1.807, 2.05) is 53.4 Å². The first-order valence-electron chi connectivity index (χ1n) is 10.8. The second-order valence-electron chi connectivity index (χ2n) is 7.79. The Balaban J connectivity index is 1.34. The zero-order chi connectivity index (χ0) is 21.5. The number of guanidine groups is 1. The molecule has 4 rings (SSSR count). The normalized spacial score (nSPS) is 19.3. The zero-order valence-corrected chi connectivity index (χ0v) is 17.9. The monoisotopic (exact) mass is 422 g/mol. The minimum atomic E-state index is -0.287. The number of amides is 1. The van der Waals surface area contributed by atoms with Crippen LogP contribution in [0.1, 0.15) is 17.0 Å². The summed E-state index contributed by atoms with van der Waals surface area (Å²) >= 11 is 0. The molecule has 2 aliphatic heterocycles. The van der Waals surface area contributed by atoms with Gasteiger partial charge in [-0.1, -0.05) is 48.5 Å². The van der Waals surface area contributed by atoms with E-state index in [4.69, 9.17) is 9.47 Å². The molecule has 0 radical (unpaired) electrons. The van der Waals surface area contributed by atoms with Gasteiger partial charge in [0.2, 0.25) is 5.91 Å². The topological polar surface area (TPSA) is 75.2 Å². The third-order valence-corrected chi connectivity index (χ3v) is 5.73. The number of aliphatic imine (C=N–C) groups is 1. The SMILES string of the molecule is CN=C(NCC1Cc2ccccc2O1)NCC(C(=O)N1CCOCC1)c1ccccc1. The number of carbonyl (C=O) groups is 1. The highest BCUT2D eigenvalue weighted by Gasteiger charge is 2.28. The van der Waals surface area contributed by atoms with E-state index < -0.39 is 0 Å². The number of hydrogen-bond acceptors (Lipinski definition) is 4. The van der Waals surface area contributed by atoms with Crippen molar-refractivity contribution in [2.45, 2.75) is 18.4 Å². The highest BCUT2D eigenvalue weighted by molar-refractivity contribution is 5.86. The molecule has 0 bridgehead atoms. The molecule has 2 unspecified atom stereocenters. The maximum atomic E-state index is 13.2. The van der Waals surface area contributed by atoms with Crippen molar-refractivity contribution in [3.05, 3.63) is 65.7 Å². The van der Waals surface area contributed by atoms with Crippen LogP contribution in [0.5, 0.6) is 5.75 Å². The molecule has 1 fully saturated rings. The smallest absolute Gasteiger partial charge is 0.232 e. The number of hydrogen-bond donors (Lipinski definition) is 2. The Morgan fingerprint density at radius 2 is 1.84 bits per heavy atom. The summed E-state index contributed by atoms with van der Waals surface area (Å²) in [5.74, 6) is 1.45. The molecule has 164 valence electrons. The van der Waals surface area contributed by atoms with Crippen molar-refractivity contribution in [1.82, 2.24) is 15.5 Å². The van der Waals surface area contributed by atoms with Crippen molar-refractivity contribution in [3.63, 3.8) is 0 Å². The van der Waals surface area contributed by atoms with Gasteiger partial charge in [-0.05, 0) is 17.2 Å². The fraction of sp³-hybridized carbons (Fsp3) is 0.417. The Morgan fingerprint density at radius 3 is 2.58 bits per heavy atom. The van der Waals surface area contributed by atoms with Crippen molar-refractivity contribution in [2.75, 3.05) is 46.4 Å². The van der Waals surface area contributed by atoms with Crippen molar-refractivity contribution < 1.29 is 14.3 Å². The van der Waals surface area contributed by atoms with Gasteiger partial charge in [-0.25, -0.2) is 0 Å². The molecule has 2 atom stereocenters. The van der Waals surface area contributed by atoms with E-state index in [9.17, 15) is 4.79 Å². The fourth-order valence-electron chi connectivity index (χ4n) is 4.03. The number of nitrogens with zero attached hydrogens (tertiary/aromatic N) is 2. The summed E-state index contributed by atoms with van der Waals surface area (Å²) < 4.78 is 11.4. The van der Waals surface area contributed by atoms with Crippen LogP contribution < -0.4 is 15.4 Å². The van der Waals surface area contributed by atoms with E-state index in [-0.39, 0.29) is 17.9 Å². The van der Waals surface area contributed by atoms with Gasteiger partial charge in [0.1, 0.15) is 11.9 Å². The van der Waals surface area contributed by atoms with Crippen molar-refractivity contribution >= 4 is 11.9 Å². The molecular formula is C24H30N4O3. The minimum absolute atomic E-state index is 0.0656. The molecule has 2 aromatic carbocycles. The molecule has 7 heteroatoms. The lowest BCUT2D eigenvalue weighted by atomic mass is 9.97. The van der Waals surface area contributed by atoms with Gasteiger partial charge in [0.05, 0.1) is 25.7 Å². The molecular weight excluding hydrogens is 392 g/mol. The number of nitrogens with one attached hydrogen (secondary N) is 2. The van der Waals surface area contributed by atoms with Gasteiger partial charge in [0, 0.05) is 33.1 Å². The maximum Gasteiger partial charge on any atom is 0.232 e. The van der Waals surface area contributed by atoms with Gasteiger partial charge in [0.15, 0.2) is 5.96 Å². The van der Waals surface area contributed by atoms with E-state index in [1.165, 1.54) is 5.56 Å². The number of para-hydroxylation sites is 1. The first kappa shape index (κ1) is 21.2. The van der Waals surface area contributed by atoms with E-state index in [1.54, 1.807) is 7.05 Å². The third kappa shape index (κ3) is 5.35. The molecule has 31 heavy (non-hydrogen) atoms. The third-order valence-electron chi connectivity index (χ3n) is 5.73. The van der Waals surface area contributed by atoms with Crippen LogP contribution in [-0.2, 0) is 16.0 Å². The molecule has 7 nitrogen and oxygen atoms in total. The van der Waals surface area contributed by atoms with Crippen LogP contribution in [0, 0.1) is 0 Å². The van der Waals surface area contributed by atoms with E-state index in [0.29, 0.717) is 45.4 Å². The molecule has 2 aromatic rings. The Kier molecular flexibility index (Phi) is 7.04. The summed E-state index contributed by atoms with van der Waals surface area (Å²) in [4.78, 5) is 19.5. The van der Waals surface area contributed by atoms with E-state index in [2.05, 4.69) is 21.7 Å². The summed E-state index contributed by atoms with van der Waals surface area (Å²) in [6, 6.07) is 18.0. The molecule has 1 saturated heterocycles. The van der Waals surface area contributed by atoms with Crippen LogP contribution in [-0.4, -0.2) is 69.3 Å². The van der Waals surface area contributed by atoms with Gasteiger partial charge in [0.25, 0.3) is 0 Å². The van der Waals surface area contributed by atoms with Crippen LogP contribution in [0.2, 0.25) is 0 Å². The summed E-state index contributed by atoms with van der Waals surface area (Å²) in [7, 11) is 1.74. The molecule has 0 aromatic heterocycles. The molecule has 0 spiro atoms. The zero-order valence-electron chi connectivity index (χ0n) is 17.9. The average Bonchev–Trinajstić information content (AvgIpc) is 3.25. The van der Waals surface area contributed by atoms with Crippen LogP contribution in [0.15, 0.2) is 59.6 Å². The van der Waals surface area contributed by atoms with Crippen molar-refractivity contribution in [2.24, 2.45) is 4.99 Å². The molecule has 2 N–H and O–H groups in total. The lowest BCUT2D eigenvalue weighted by molar-refractivity contribution is -0.136. The summed E-state index contributed by atoms with van der Waals surface area (Å²) in [6.45, 7) is 3.55. The van der Waals surface area contributed by atoms with Gasteiger partial charge in [-0.2, -0.15) is 0 Å². The summed E-state index contributed by atoms with van der Waals surface area (Å²) in [6.07, 6.45) is 0.943. The Hall–Kier alpha value is -3.06. The molecule has 1 amide bonds. The Labute approximate surface area is 183 Å². The standard InChI is InChI=1S/C24H30N4O3/c1-25-24(26-16-20-15-19-9-5-6-10-22(19)31-20)27-17-21(18-7-3-2-4-8-18)23(29)28-11-13-30-14-12-28/h2-10,20-21H,11-17H2,1H3,(H2,25,26,27). The predicted octanol–water partition coefficient (Wildman–Crippen LogP) is 1.80. The first-order chi connectivity index (χ1) is 15.2. The lowest BCUT2D eigenvalue weighted by Gasteiger charge is -2.31. The Bertz CT molecular complexity index is 872. The highest BCUT2D eigenvalue weighted by atomic mass is 16.5. The molecule has 2 aliphatic rings. The van der Waals surface area contributed by atoms with Crippen LogP contribution in [0.25, 0.3) is 0 Å². The van der Waals surface area contributed by atoms with Crippen molar-refractivity contribution in [3.8, 4) is 5.75 Å². The fourth-order valence-corrected chi connectivity index (χ4v) is 4.03. The largest absolute Gasteiger partial charge is 0.488 e. The molecule has 0 saturated carbocycles. The number of fused-ring (bicyclic) bond motifs is 1. The van der Waals surface area contributed by atoms with Crippen LogP contribution >= 0.6 is 0 Å². The number of morpholine rings is 1. The predicted molar refractivity (Wildman–Crippen MR) is 121 cm³/mol. The van der Waals surface area contributed by atoms with Crippen molar-refractivity contribution in [1.29, 1.82) is 0 Å². The van der Waals surface area contributed by atoms with Gasteiger partial charge < -0.3 is 25.0 Å². The quantitative estimate of drug-likeness (QED) is 0.549. The minimum Gasteiger partial charge on any atom is -0.488 e. The van der Waals surface area contributed by atoms with Gasteiger partial charge >= 0.3 is 0 Å². The Morgan fingerprint density at radius 1 is 1.10 bits per heavy atom. The molecule has 2 heterocycles. The van der Waals surface area contributed by atoms with E-state index >= 15 is 0 Å². The second kappa shape index (κ2) is 10.3.